The molecule has 1 unspecified atom stereocenters. The molecule has 1 aromatic rings. The molecule has 0 aromatic heterocycles. The molecule has 1 aromatic carbocycles. The summed E-state index contributed by atoms with van der Waals surface area (Å²) in [6.07, 6.45) is 2.00. The highest BCUT2D eigenvalue weighted by atomic mass is 19.4. The summed E-state index contributed by atoms with van der Waals surface area (Å²) in [7, 11) is 0. The Morgan fingerprint density at radius 1 is 1.11 bits per heavy atom. The molecule has 0 spiro atoms. The highest BCUT2D eigenvalue weighted by molar-refractivity contribution is 5.54. The third kappa shape index (κ3) is 2.79. The molecular weight excluding hydrogens is 253 g/mol. The van der Waals surface area contributed by atoms with Crippen molar-refractivity contribution in [2.45, 2.75) is 18.2 Å². The van der Waals surface area contributed by atoms with Gasteiger partial charge in [0.2, 0.25) is 5.60 Å². The molecule has 0 saturated heterocycles. The summed E-state index contributed by atoms with van der Waals surface area (Å²) in [4.78, 5) is 0. The maximum Gasteiger partial charge on any atom is 0.425 e. The zero-order chi connectivity index (χ0) is 13.9. The average molecular weight is 266 g/mol. The molecule has 4 heteroatoms. The predicted molar refractivity (Wildman–Crippen MR) is 68.3 cm³/mol. The van der Waals surface area contributed by atoms with Gasteiger partial charge in [-0.3, -0.25) is 0 Å². The van der Waals surface area contributed by atoms with E-state index < -0.39 is 11.8 Å². The fourth-order valence-corrected chi connectivity index (χ4v) is 1.88. The Balaban J connectivity index is 2.35. The molecule has 1 N–H and O–H groups in total. The Bertz CT molecular complexity index is 526. The van der Waals surface area contributed by atoms with E-state index in [1.54, 1.807) is 36.4 Å². The first kappa shape index (κ1) is 13.6. The number of halogens is 3. The predicted octanol–water partition coefficient (Wildman–Crippen LogP) is 3.88. The van der Waals surface area contributed by atoms with Gasteiger partial charge in [0.05, 0.1) is 0 Å². The van der Waals surface area contributed by atoms with E-state index >= 15 is 0 Å². The van der Waals surface area contributed by atoms with Gasteiger partial charge >= 0.3 is 6.18 Å². The first-order valence-corrected chi connectivity index (χ1v) is 5.84. The summed E-state index contributed by atoms with van der Waals surface area (Å²) in [6, 6.07) is 8.57. The van der Waals surface area contributed by atoms with Gasteiger partial charge in [0.1, 0.15) is 0 Å². The fraction of sp³-hybridized carbons (Fsp3) is 0.200. The molecule has 1 nitrogen and oxygen atoms in total. The Kier molecular flexibility index (Phi) is 3.62. The van der Waals surface area contributed by atoms with Crippen LogP contribution in [-0.4, -0.2) is 16.9 Å². The molecular formula is C15H13F3O. The van der Waals surface area contributed by atoms with Crippen LogP contribution in [0.4, 0.5) is 13.2 Å². The lowest BCUT2D eigenvalue weighted by molar-refractivity contribution is -0.223. The van der Waals surface area contributed by atoms with Crippen LogP contribution in [0.2, 0.25) is 0 Å². The van der Waals surface area contributed by atoms with Crippen molar-refractivity contribution >= 4 is 6.08 Å². The Morgan fingerprint density at radius 2 is 1.79 bits per heavy atom. The van der Waals surface area contributed by atoms with Crippen molar-refractivity contribution in [3.05, 3.63) is 65.8 Å². The van der Waals surface area contributed by atoms with E-state index in [1.807, 2.05) is 0 Å². The van der Waals surface area contributed by atoms with Crippen molar-refractivity contribution in [1.29, 1.82) is 0 Å². The molecule has 0 saturated carbocycles. The minimum atomic E-state index is -4.75. The third-order valence-corrected chi connectivity index (χ3v) is 2.96. The smallest absolute Gasteiger partial charge is 0.373 e. The topological polar surface area (TPSA) is 20.2 Å². The second-order valence-electron chi connectivity index (χ2n) is 4.31. The number of hydrogen-bond acceptors (Lipinski definition) is 1. The van der Waals surface area contributed by atoms with Gasteiger partial charge in [-0.25, -0.2) is 0 Å². The number of allylic oxidation sites excluding steroid dienone is 2. The zero-order valence-electron chi connectivity index (χ0n) is 10.1. The van der Waals surface area contributed by atoms with Gasteiger partial charge < -0.3 is 5.11 Å². The summed E-state index contributed by atoms with van der Waals surface area (Å²) >= 11 is 0. The van der Waals surface area contributed by atoms with Gasteiger partial charge in [-0.05, 0) is 23.6 Å². The van der Waals surface area contributed by atoms with E-state index in [1.165, 1.54) is 18.2 Å². The Labute approximate surface area is 109 Å². The molecule has 100 valence electrons. The van der Waals surface area contributed by atoms with Crippen LogP contribution in [0.3, 0.4) is 0 Å². The van der Waals surface area contributed by atoms with Crippen LogP contribution in [0.1, 0.15) is 12.0 Å². The van der Waals surface area contributed by atoms with E-state index in [9.17, 15) is 18.3 Å². The van der Waals surface area contributed by atoms with Gasteiger partial charge in [-0.15, -0.1) is 0 Å². The molecule has 0 heterocycles. The number of alkyl halides is 3. The second kappa shape index (κ2) is 5.05. The number of benzene rings is 1. The lowest BCUT2D eigenvalue weighted by Crippen LogP contribution is -2.44. The van der Waals surface area contributed by atoms with Crippen molar-refractivity contribution in [3.63, 3.8) is 0 Å². The summed E-state index contributed by atoms with van der Waals surface area (Å²) in [6.45, 7) is 0. The van der Waals surface area contributed by atoms with E-state index in [4.69, 9.17) is 0 Å². The molecule has 0 radical (unpaired) electrons. The highest BCUT2D eigenvalue weighted by Crippen LogP contribution is 2.39. The lowest BCUT2D eigenvalue weighted by Gasteiger charge is -2.28. The van der Waals surface area contributed by atoms with Gasteiger partial charge in [0.15, 0.2) is 0 Å². The van der Waals surface area contributed by atoms with Gasteiger partial charge in [0.25, 0.3) is 0 Å². The monoisotopic (exact) mass is 266 g/mol. The highest BCUT2D eigenvalue weighted by Gasteiger charge is 2.54. The zero-order valence-corrected chi connectivity index (χ0v) is 10.1. The van der Waals surface area contributed by atoms with E-state index in [2.05, 4.69) is 0 Å². The van der Waals surface area contributed by atoms with Crippen LogP contribution < -0.4 is 0 Å². The van der Waals surface area contributed by atoms with Crippen LogP contribution in [0.5, 0.6) is 0 Å². The minimum absolute atomic E-state index is 0.132. The first-order valence-electron chi connectivity index (χ1n) is 5.84. The van der Waals surface area contributed by atoms with E-state index in [-0.39, 0.29) is 5.57 Å². The van der Waals surface area contributed by atoms with Crippen molar-refractivity contribution in [3.8, 4) is 0 Å². The van der Waals surface area contributed by atoms with E-state index in [0.29, 0.717) is 12.0 Å². The summed E-state index contributed by atoms with van der Waals surface area (Å²) in [5.41, 5.74) is -2.46. The molecule has 0 bridgehead atoms. The van der Waals surface area contributed by atoms with Crippen molar-refractivity contribution in [1.82, 2.24) is 0 Å². The number of hydrogen-bond donors (Lipinski definition) is 1. The van der Waals surface area contributed by atoms with Crippen LogP contribution in [-0.2, 0) is 0 Å². The fourth-order valence-electron chi connectivity index (χ4n) is 1.88. The molecule has 0 aliphatic heterocycles. The van der Waals surface area contributed by atoms with Crippen molar-refractivity contribution in [2.75, 3.05) is 0 Å². The molecule has 0 amide bonds. The standard InChI is InChI=1S/C15H13F3O/c16-15(17,18)14(19,13-8-4-5-9-13)11-10-12-6-2-1-3-7-12/h1-4,6-11,19H,5H2/b11-10+. The Hall–Kier alpha value is -1.81. The molecule has 2 rings (SSSR count). The maximum atomic E-state index is 13.1. The maximum absolute atomic E-state index is 13.1. The summed E-state index contributed by atoms with van der Waals surface area (Å²) in [5, 5.41) is 9.98. The molecule has 1 atom stereocenters. The number of aliphatic hydroxyl groups is 1. The quantitative estimate of drug-likeness (QED) is 0.880. The number of rotatable bonds is 3. The van der Waals surface area contributed by atoms with Crippen LogP contribution in [0.15, 0.2) is 60.2 Å². The van der Waals surface area contributed by atoms with Crippen LogP contribution >= 0.6 is 0 Å². The largest absolute Gasteiger partial charge is 0.425 e. The summed E-state index contributed by atoms with van der Waals surface area (Å²) < 4.78 is 39.2. The van der Waals surface area contributed by atoms with Gasteiger partial charge in [-0.2, -0.15) is 13.2 Å². The van der Waals surface area contributed by atoms with Crippen molar-refractivity contribution < 1.29 is 18.3 Å². The molecule has 19 heavy (non-hydrogen) atoms. The van der Waals surface area contributed by atoms with E-state index in [0.717, 1.165) is 6.08 Å². The van der Waals surface area contributed by atoms with Gasteiger partial charge in [-0.1, -0.05) is 54.6 Å². The van der Waals surface area contributed by atoms with Crippen LogP contribution in [0, 0.1) is 0 Å². The van der Waals surface area contributed by atoms with Gasteiger partial charge in [0, 0.05) is 0 Å². The Morgan fingerprint density at radius 3 is 2.32 bits per heavy atom. The molecule has 0 fully saturated rings. The average Bonchev–Trinajstić information content (AvgIpc) is 2.90. The molecule has 1 aliphatic carbocycles. The van der Waals surface area contributed by atoms with Crippen LogP contribution in [0.25, 0.3) is 6.08 Å². The first-order chi connectivity index (χ1) is 8.93. The normalized spacial score (nSPS) is 18.6. The second-order valence-corrected chi connectivity index (χ2v) is 4.31. The third-order valence-electron chi connectivity index (χ3n) is 2.96. The SMILES string of the molecule is OC(/C=C/c1ccccc1)(C1=CCC=C1)C(F)(F)F. The lowest BCUT2D eigenvalue weighted by atomic mass is 9.92. The molecule has 1 aliphatic rings. The van der Waals surface area contributed by atoms with Crippen molar-refractivity contribution in [2.24, 2.45) is 0 Å². The summed E-state index contributed by atoms with van der Waals surface area (Å²) in [5.74, 6) is 0. The minimum Gasteiger partial charge on any atom is -0.373 e.